The van der Waals surface area contributed by atoms with Gasteiger partial charge in [-0.15, -0.1) is 0 Å². The topological polar surface area (TPSA) is 69.6 Å². The van der Waals surface area contributed by atoms with E-state index in [1.807, 2.05) is 48.7 Å². The molecule has 6 nitrogen and oxygen atoms in total. The van der Waals surface area contributed by atoms with Crippen LogP contribution in [0, 0.1) is 0 Å². The first-order chi connectivity index (χ1) is 26.8. The summed E-state index contributed by atoms with van der Waals surface area (Å²) < 4.78 is 8.55. The van der Waals surface area contributed by atoms with Gasteiger partial charge in [0.1, 0.15) is 5.58 Å². The lowest BCUT2D eigenvalue weighted by Gasteiger charge is -2.16. The van der Waals surface area contributed by atoms with Crippen LogP contribution < -0.4 is 0 Å². The Bertz CT molecular complexity index is 3180. The van der Waals surface area contributed by atoms with Gasteiger partial charge in [0.2, 0.25) is 0 Å². The second-order valence-corrected chi connectivity index (χ2v) is 13.4. The molecule has 0 N–H and O–H groups in total. The van der Waals surface area contributed by atoms with Gasteiger partial charge in [-0.25, -0.2) is 15.0 Å². The van der Waals surface area contributed by atoms with Crippen LogP contribution in [-0.4, -0.2) is 24.5 Å². The average Bonchev–Trinajstić information content (AvgIpc) is 3.80. The van der Waals surface area contributed by atoms with Crippen molar-refractivity contribution in [2.45, 2.75) is 0 Å². The Morgan fingerprint density at radius 1 is 0.389 bits per heavy atom. The number of hydrogen-bond acceptors (Lipinski definition) is 5. The number of hydrogen-bond donors (Lipinski definition) is 0. The van der Waals surface area contributed by atoms with Crippen molar-refractivity contribution in [3.8, 4) is 51.0 Å². The maximum absolute atomic E-state index is 6.22. The zero-order valence-corrected chi connectivity index (χ0v) is 28.9. The maximum Gasteiger partial charge on any atom is 0.166 e. The van der Waals surface area contributed by atoms with Gasteiger partial charge >= 0.3 is 0 Å². The molecule has 0 amide bonds. The summed E-state index contributed by atoms with van der Waals surface area (Å²) in [6.07, 6.45) is 3.60. The minimum atomic E-state index is 0.604. The lowest BCUT2D eigenvalue weighted by molar-refractivity contribution is 0.667. The third-order valence-electron chi connectivity index (χ3n) is 10.4. The largest absolute Gasteiger partial charge is 0.454 e. The van der Waals surface area contributed by atoms with Crippen LogP contribution in [0.4, 0.5) is 0 Å². The fourth-order valence-electron chi connectivity index (χ4n) is 8.01. The van der Waals surface area contributed by atoms with Gasteiger partial charge in [0.15, 0.2) is 23.1 Å². The van der Waals surface area contributed by atoms with Crippen molar-refractivity contribution in [1.29, 1.82) is 0 Å². The van der Waals surface area contributed by atoms with Crippen molar-refractivity contribution in [3.63, 3.8) is 0 Å². The monoisotopic (exact) mass is 691 g/mol. The first-order valence-corrected chi connectivity index (χ1v) is 18.0. The van der Waals surface area contributed by atoms with Gasteiger partial charge in [0.05, 0.1) is 22.9 Å². The third-order valence-corrected chi connectivity index (χ3v) is 10.4. The summed E-state index contributed by atoms with van der Waals surface area (Å²) in [5, 5.41) is 6.66. The van der Waals surface area contributed by atoms with Gasteiger partial charge in [0, 0.05) is 44.4 Å². The number of pyridine rings is 1. The minimum Gasteiger partial charge on any atom is -0.454 e. The normalized spacial score (nSPS) is 11.7. The molecule has 0 bridgehead atoms. The molecule has 0 aliphatic carbocycles. The summed E-state index contributed by atoms with van der Waals surface area (Å²) >= 11 is 0. The lowest BCUT2D eigenvalue weighted by atomic mass is 9.92. The molecule has 0 unspecified atom stereocenters. The van der Waals surface area contributed by atoms with Crippen LogP contribution in [0.2, 0.25) is 0 Å². The number of rotatable bonds is 5. The van der Waals surface area contributed by atoms with Crippen LogP contribution in [0.5, 0.6) is 0 Å². The Balaban J connectivity index is 1.15. The second-order valence-electron chi connectivity index (χ2n) is 13.4. The molecule has 0 saturated carbocycles. The summed E-state index contributed by atoms with van der Waals surface area (Å²) in [5.74, 6) is 1.83. The molecule has 11 rings (SSSR count). The highest BCUT2D eigenvalue weighted by Crippen LogP contribution is 2.42. The Kier molecular flexibility index (Phi) is 6.75. The minimum absolute atomic E-state index is 0.604. The van der Waals surface area contributed by atoms with E-state index in [1.165, 1.54) is 10.8 Å². The van der Waals surface area contributed by atoms with E-state index in [2.05, 4.69) is 131 Å². The number of fused-ring (bicyclic) bond motifs is 7. The molecule has 6 heteroatoms. The summed E-state index contributed by atoms with van der Waals surface area (Å²) in [4.78, 5) is 20.0. The molecule has 4 heterocycles. The van der Waals surface area contributed by atoms with Crippen LogP contribution in [0.1, 0.15) is 0 Å². The van der Waals surface area contributed by atoms with Gasteiger partial charge in [-0.1, -0.05) is 121 Å². The fourth-order valence-corrected chi connectivity index (χ4v) is 8.01. The summed E-state index contributed by atoms with van der Waals surface area (Å²) in [6.45, 7) is 0. The molecule has 4 aromatic heterocycles. The van der Waals surface area contributed by atoms with Crippen LogP contribution in [0.25, 0.3) is 105 Å². The van der Waals surface area contributed by atoms with E-state index in [0.29, 0.717) is 17.5 Å². The average molecular weight is 692 g/mol. The number of nitrogens with zero attached hydrogens (tertiary/aromatic N) is 5. The van der Waals surface area contributed by atoms with Crippen molar-refractivity contribution < 1.29 is 4.42 Å². The van der Waals surface area contributed by atoms with E-state index < -0.39 is 0 Å². The van der Waals surface area contributed by atoms with E-state index in [9.17, 15) is 0 Å². The predicted octanol–water partition coefficient (Wildman–Crippen LogP) is 12.1. The fraction of sp³-hybridized carbons (Fsp3) is 0. The molecule has 0 radical (unpaired) electrons. The van der Waals surface area contributed by atoms with Crippen molar-refractivity contribution >= 4 is 54.5 Å². The Labute approximate surface area is 309 Å². The molecule has 252 valence electrons. The number of benzene rings is 7. The van der Waals surface area contributed by atoms with Gasteiger partial charge in [-0.05, 0) is 64.4 Å². The van der Waals surface area contributed by atoms with Crippen LogP contribution in [0.3, 0.4) is 0 Å². The molecule has 0 saturated heterocycles. The van der Waals surface area contributed by atoms with Gasteiger partial charge in [-0.3, -0.25) is 4.98 Å². The standard InChI is InChI=1S/C48H29N5O/c1-2-13-30(14-3-1)46-50-47(52-48(51-46)38-19-8-11-23-42(38)53-40-21-9-6-17-34(40)35-18-7-10-22-41(35)53)37-26-25-33(31-15-4-5-16-32(31)37)36-20-12-24-43-45(36)39-27-28-49-29-44(39)54-43/h1-29H. The van der Waals surface area contributed by atoms with Gasteiger partial charge < -0.3 is 8.98 Å². The second kappa shape index (κ2) is 12.1. The van der Waals surface area contributed by atoms with Crippen molar-refractivity contribution in [2.75, 3.05) is 0 Å². The highest BCUT2D eigenvalue weighted by molar-refractivity contribution is 6.16. The van der Waals surface area contributed by atoms with E-state index in [-0.39, 0.29) is 0 Å². The maximum atomic E-state index is 6.22. The Morgan fingerprint density at radius 2 is 0.981 bits per heavy atom. The van der Waals surface area contributed by atoms with Crippen LogP contribution >= 0.6 is 0 Å². The summed E-state index contributed by atoms with van der Waals surface area (Å²) in [6, 6.07) is 56.7. The van der Waals surface area contributed by atoms with E-state index in [1.54, 1.807) is 6.20 Å². The zero-order chi connectivity index (χ0) is 35.6. The molecule has 0 aliphatic heterocycles. The smallest absolute Gasteiger partial charge is 0.166 e. The van der Waals surface area contributed by atoms with E-state index >= 15 is 0 Å². The van der Waals surface area contributed by atoms with Crippen molar-refractivity contribution in [1.82, 2.24) is 24.5 Å². The third kappa shape index (κ3) is 4.67. The number of aromatic nitrogens is 5. The van der Waals surface area contributed by atoms with Crippen LogP contribution in [-0.2, 0) is 0 Å². The molecular formula is C48H29N5O. The molecule has 0 aliphatic rings. The van der Waals surface area contributed by atoms with Gasteiger partial charge in [-0.2, -0.15) is 0 Å². The Morgan fingerprint density at radius 3 is 1.76 bits per heavy atom. The summed E-state index contributed by atoms with van der Waals surface area (Å²) in [7, 11) is 0. The first-order valence-electron chi connectivity index (χ1n) is 18.0. The van der Waals surface area contributed by atoms with Crippen LogP contribution in [0.15, 0.2) is 181 Å². The highest BCUT2D eigenvalue weighted by atomic mass is 16.3. The number of furan rings is 1. The quantitative estimate of drug-likeness (QED) is 0.180. The first kappa shape index (κ1) is 30.2. The van der Waals surface area contributed by atoms with E-state index in [4.69, 9.17) is 19.4 Å². The molecule has 0 fully saturated rings. The van der Waals surface area contributed by atoms with Crippen molar-refractivity contribution in [2.24, 2.45) is 0 Å². The SMILES string of the molecule is c1ccc(-c2nc(-c3ccccc3-n3c4ccccc4c4ccccc43)nc(-c3ccc(-c4cccc5oc6cnccc6c45)c4ccccc34)n2)cc1. The predicted molar refractivity (Wildman–Crippen MR) is 218 cm³/mol. The lowest BCUT2D eigenvalue weighted by Crippen LogP contribution is -2.04. The highest BCUT2D eigenvalue weighted by Gasteiger charge is 2.21. The zero-order valence-electron chi connectivity index (χ0n) is 28.9. The Hall–Kier alpha value is -7.44. The summed E-state index contributed by atoms with van der Waals surface area (Å²) in [5.41, 5.74) is 9.83. The van der Waals surface area contributed by atoms with Gasteiger partial charge in [0.25, 0.3) is 0 Å². The molecule has 7 aromatic carbocycles. The molecule has 0 spiro atoms. The van der Waals surface area contributed by atoms with Crippen molar-refractivity contribution in [3.05, 3.63) is 176 Å². The molecular weight excluding hydrogens is 663 g/mol. The molecule has 11 aromatic rings. The molecule has 0 atom stereocenters. The number of para-hydroxylation sites is 3. The molecule has 54 heavy (non-hydrogen) atoms. The van der Waals surface area contributed by atoms with E-state index in [0.717, 1.165) is 77.2 Å².